The Balaban J connectivity index is 2.51. The molecule has 0 fully saturated rings. The highest BCUT2D eigenvalue weighted by molar-refractivity contribution is 5.93. The van der Waals surface area contributed by atoms with Crippen LogP contribution in [0, 0.1) is 0 Å². The largest absolute Gasteiger partial charge is 0.521 e. The fourth-order valence-electron chi connectivity index (χ4n) is 0.768. The zero-order chi connectivity index (χ0) is 11.3. The van der Waals surface area contributed by atoms with Crippen LogP contribution >= 0.6 is 0 Å². The Morgan fingerprint density at radius 3 is 2.33 bits per heavy atom. The predicted octanol–water partition coefficient (Wildman–Crippen LogP) is 2.30. The molecule has 0 aliphatic carbocycles. The van der Waals surface area contributed by atoms with E-state index in [1.165, 1.54) is 6.92 Å². The molecule has 0 unspecified atom stereocenters. The molecule has 4 nitrogen and oxygen atoms in total. The standard InChI is InChI=1S/C11H10O4/c1-8(2)10(12)15-11(13)14-9-6-4-3-5-7-9/h3-7H,1H2,2H3. The monoisotopic (exact) mass is 206 g/mol. The molecular formula is C11H10O4. The zero-order valence-electron chi connectivity index (χ0n) is 8.23. The third kappa shape index (κ3) is 3.64. The maximum absolute atomic E-state index is 11.0. The molecule has 0 aliphatic rings. The Bertz CT molecular complexity index is 381. The van der Waals surface area contributed by atoms with Gasteiger partial charge in [-0.1, -0.05) is 24.8 Å². The van der Waals surface area contributed by atoms with Crippen molar-refractivity contribution in [2.45, 2.75) is 6.92 Å². The second kappa shape index (κ2) is 4.95. The van der Waals surface area contributed by atoms with Crippen LogP contribution in [0.15, 0.2) is 42.5 Å². The molecule has 0 heterocycles. The quantitative estimate of drug-likeness (QED) is 0.322. The molecule has 15 heavy (non-hydrogen) atoms. The normalized spacial score (nSPS) is 9.13. The third-order valence-corrected chi connectivity index (χ3v) is 1.47. The van der Waals surface area contributed by atoms with E-state index in [-0.39, 0.29) is 5.57 Å². The smallest absolute Gasteiger partial charge is 0.395 e. The molecule has 78 valence electrons. The molecular weight excluding hydrogens is 196 g/mol. The summed E-state index contributed by atoms with van der Waals surface area (Å²) in [4.78, 5) is 21.9. The molecule has 0 N–H and O–H groups in total. The number of hydrogen-bond donors (Lipinski definition) is 0. The van der Waals surface area contributed by atoms with Crippen LogP contribution < -0.4 is 4.74 Å². The van der Waals surface area contributed by atoms with Crippen LogP contribution in [0.4, 0.5) is 4.79 Å². The van der Waals surface area contributed by atoms with E-state index in [9.17, 15) is 9.59 Å². The predicted molar refractivity (Wildman–Crippen MR) is 53.4 cm³/mol. The second-order valence-electron chi connectivity index (χ2n) is 2.83. The van der Waals surface area contributed by atoms with Crippen LogP contribution in [0.5, 0.6) is 5.75 Å². The zero-order valence-corrected chi connectivity index (χ0v) is 8.23. The van der Waals surface area contributed by atoms with Crippen molar-refractivity contribution in [3.8, 4) is 5.75 Å². The van der Waals surface area contributed by atoms with Crippen LogP contribution in [0.25, 0.3) is 0 Å². The summed E-state index contributed by atoms with van der Waals surface area (Å²) < 4.78 is 9.03. The van der Waals surface area contributed by atoms with Gasteiger partial charge >= 0.3 is 12.1 Å². The van der Waals surface area contributed by atoms with Gasteiger partial charge in [0.15, 0.2) is 0 Å². The van der Waals surface area contributed by atoms with E-state index in [1.54, 1.807) is 30.3 Å². The minimum Gasteiger partial charge on any atom is -0.395 e. The van der Waals surface area contributed by atoms with Crippen LogP contribution in [-0.4, -0.2) is 12.1 Å². The topological polar surface area (TPSA) is 52.6 Å². The van der Waals surface area contributed by atoms with Crippen molar-refractivity contribution in [1.82, 2.24) is 0 Å². The van der Waals surface area contributed by atoms with Gasteiger partial charge in [-0.05, 0) is 19.1 Å². The maximum atomic E-state index is 11.0. The average Bonchev–Trinajstić information content (AvgIpc) is 2.18. The van der Waals surface area contributed by atoms with Gasteiger partial charge in [0.25, 0.3) is 0 Å². The van der Waals surface area contributed by atoms with Gasteiger partial charge < -0.3 is 9.47 Å². The van der Waals surface area contributed by atoms with Crippen molar-refractivity contribution in [2.24, 2.45) is 0 Å². The Labute approximate surface area is 87.1 Å². The number of para-hydroxylation sites is 1. The Kier molecular flexibility index (Phi) is 3.62. The van der Waals surface area contributed by atoms with Gasteiger partial charge in [0.1, 0.15) is 5.75 Å². The molecule has 0 aromatic heterocycles. The summed E-state index contributed by atoms with van der Waals surface area (Å²) in [6, 6.07) is 8.32. The number of ether oxygens (including phenoxy) is 2. The summed E-state index contributed by atoms with van der Waals surface area (Å²) in [6.07, 6.45) is -1.06. The number of rotatable bonds is 2. The molecule has 1 aromatic carbocycles. The van der Waals surface area contributed by atoms with Gasteiger partial charge in [0, 0.05) is 5.57 Å². The Hall–Kier alpha value is -2.10. The number of carbonyl (C=O) groups is 2. The van der Waals surface area contributed by atoms with Gasteiger partial charge in [-0.25, -0.2) is 9.59 Å². The van der Waals surface area contributed by atoms with Crippen molar-refractivity contribution >= 4 is 12.1 Å². The minimum atomic E-state index is -1.06. The molecule has 0 saturated carbocycles. The van der Waals surface area contributed by atoms with E-state index in [1.807, 2.05) is 0 Å². The fourth-order valence-corrected chi connectivity index (χ4v) is 0.768. The molecule has 0 saturated heterocycles. The van der Waals surface area contributed by atoms with E-state index in [2.05, 4.69) is 11.3 Å². The van der Waals surface area contributed by atoms with Gasteiger partial charge in [0.2, 0.25) is 0 Å². The first-order valence-corrected chi connectivity index (χ1v) is 4.24. The van der Waals surface area contributed by atoms with E-state index in [4.69, 9.17) is 4.74 Å². The van der Waals surface area contributed by atoms with E-state index >= 15 is 0 Å². The summed E-state index contributed by atoms with van der Waals surface area (Å²) >= 11 is 0. The SMILES string of the molecule is C=C(C)C(=O)OC(=O)Oc1ccccc1. The summed E-state index contributed by atoms with van der Waals surface area (Å²) in [5.41, 5.74) is 0.139. The van der Waals surface area contributed by atoms with Gasteiger partial charge in [-0.2, -0.15) is 0 Å². The summed E-state index contributed by atoms with van der Waals surface area (Å²) in [5.74, 6) is -0.479. The summed E-state index contributed by atoms with van der Waals surface area (Å²) in [6.45, 7) is 4.78. The maximum Gasteiger partial charge on any atom is 0.521 e. The van der Waals surface area contributed by atoms with E-state index in [0.717, 1.165) is 0 Å². The molecule has 0 spiro atoms. The van der Waals surface area contributed by atoms with Crippen LogP contribution in [0.1, 0.15) is 6.92 Å². The third-order valence-electron chi connectivity index (χ3n) is 1.47. The fraction of sp³-hybridized carbons (Fsp3) is 0.0909. The molecule has 0 radical (unpaired) electrons. The Morgan fingerprint density at radius 2 is 1.80 bits per heavy atom. The number of hydrogen-bond acceptors (Lipinski definition) is 4. The van der Waals surface area contributed by atoms with E-state index in [0.29, 0.717) is 5.75 Å². The van der Waals surface area contributed by atoms with Crippen molar-refractivity contribution in [2.75, 3.05) is 0 Å². The molecule has 0 aliphatic heterocycles. The average molecular weight is 206 g/mol. The lowest BCUT2D eigenvalue weighted by atomic mass is 10.3. The highest BCUT2D eigenvalue weighted by Gasteiger charge is 2.12. The molecule has 4 heteroatoms. The molecule has 1 aromatic rings. The van der Waals surface area contributed by atoms with Crippen molar-refractivity contribution < 1.29 is 19.1 Å². The van der Waals surface area contributed by atoms with Gasteiger partial charge in [-0.15, -0.1) is 0 Å². The lowest BCUT2D eigenvalue weighted by Crippen LogP contribution is -2.16. The summed E-state index contributed by atoms with van der Waals surface area (Å²) in [5, 5.41) is 0. The first-order chi connectivity index (χ1) is 7.09. The molecule has 0 bridgehead atoms. The van der Waals surface area contributed by atoms with Crippen molar-refractivity contribution in [3.05, 3.63) is 42.5 Å². The number of esters is 1. The first kappa shape index (κ1) is 11.0. The molecule has 0 atom stereocenters. The molecule has 0 amide bonds. The second-order valence-corrected chi connectivity index (χ2v) is 2.83. The lowest BCUT2D eigenvalue weighted by molar-refractivity contribution is -0.134. The summed E-state index contributed by atoms with van der Waals surface area (Å²) in [7, 11) is 0. The van der Waals surface area contributed by atoms with Crippen LogP contribution in [0.2, 0.25) is 0 Å². The highest BCUT2D eigenvalue weighted by atomic mass is 16.7. The minimum absolute atomic E-state index is 0.139. The van der Waals surface area contributed by atoms with Crippen molar-refractivity contribution in [1.29, 1.82) is 0 Å². The number of carbonyl (C=O) groups excluding carboxylic acids is 2. The first-order valence-electron chi connectivity index (χ1n) is 4.24. The van der Waals surface area contributed by atoms with Gasteiger partial charge in [-0.3, -0.25) is 0 Å². The molecule has 1 rings (SSSR count). The van der Waals surface area contributed by atoms with E-state index < -0.39 is 12.1 Å². The van der Waals surface area contributed by atoms with Crippen LogP contribution in [0.3, 0.4) is 0 Å². The highest BCUT2D eigenvalue weighted by Crippen LogP contribution is 2.09. The van der Waals surface area contributed by atoms with Crippen LogP contribution in [-0.2, 0) is 9.53 Å². The van der Waals surface area contributed by atoms with Gasteiger partial charge in [0.05, 0.1) is 0 Å². The lowest BCUT2D eigenvalue weighted by Gasteiger charge is -2.03. The Morgan fingerprint density at radius 1 is 1.20 bits per heavy atom. The van der Waals surface area contributed by atoms with Crippen molar-refractivity contribution in [3.63, 3.8) is 0 Å². The number of benzene rings is 1.